The van der Waals surface area contributed by atoms with Gasteiger partial charge in [-0.15, -0.1) is 0 Å². The summed E-state index contributed by atoms with van der Waals surface area (Å²) < 4.78 is 19.5. The van der Waals surface area contributed by atoms with Crippen molar-refractivity contribution in [3.63, 3.8) is 0 Å². The van der Waals surface area contributed by atoms with Gasteiger partial charge in [0.1, 0.15) is 11.6 Å². The number of rotatable bonds is 8. The summed E-state index contributed by atoms with van der Waals surface area (Å²) in [6, 6.07) is 13.3. The van der Waals surface area contributed by atoms with E-state index in [1.807, 2.05) is 18.2 Å². The summed E-state index contributed by atoms with van der Waals surface area (Å²) in [5.74, 6) is 0.802. The molecule has 0 aliphatic heterocycles. The second-order valence-electron chi connectivity index (χ2n) is 7.86. The molecule has 1 aliphatic carbocycles. The van der Waals surface area contributed by atoms with Gasteiger partial charge in [0.05, 0.1) is 7.11 Å². The molecule has 150 valence electrons. The molecule has 3 nitrogen and oxygen atoms in total. The van der Waals surface area contributed by atoms with Crippen molar-refractivity contribution in [1.29, 1.82) is 0 Å². The molecule has 1 N–H and O–H groups in total. The molecular weight excluding hydrogens is 355 g/mol. The van der Waals surface area contributed by atoms with Crippen LogP contribution in [0.5, 0.6) is 5.75 Å². The van der Waals surface area contributed by atoms with Gasteiger partial charge in [0.15, 0.2) is 0 Å². The molecule has 0 unspecified atom stereocenters. The number of aliphatic carboxylic acids is 1. The Labute approximate surface area is 166 Å². The van der Waals surface area contributed by atoms with Gasteiger partial charge >= 0.3 is 5.97 Å². The zero-order valence-corrected chi connectivity index (χ0v) is 16.5. The quantitative estimate of drug-likeness (QED) is 0.629. The molecule has 0 bridgehead atoms. The lowest BCUT2D eigenvalue weighted by atomic mass is 9.76. The van der Waals surface area contributed by atoms with Gasteiger partial charge < -0.3 is 9.84 Å². The highest BCUT2D eigenvalue weighted by Crippen LogP contribution is 2.39. The summed E-state index contributed by atoms with van der Waals surface area (Å²) in [5, 5.41) is 8.84. The molecule has 2 aromatic carbocycles. The minimum absolute atomic E-state index is 0.123. The molecule has 1 fully saturated rings. The maximum absolute atomic E-state index is 14.2. The first-order valence-corrected chi connectivity index (χ1v) is 10.2. The third kappa shape index (κ3) is 5.57. The molecule has 28 heavy (non-hydrogen) atoms. The summed E-state index contributed by atoms with van der Waals surface area (Å²) >= 11 is 0. The smallest absolute Gasteiger partial charge is 0.303 e. The largest absolute Gasteiger partial charge is 0.497 e. The van der Waals surface area contributed by atoms with E-state index in [2.05, 4.69) is 12.1 Å². The van der Waals surface area contributed by atoms with Crippen molar-refractivity contribution in [3.05, 3.63) is 65.0 Å². The number of hydrogen-bond donors (Lipinski definition) is 1. The van der Waals surface area contributed by atoms with Crippen molar-refractivity contribution in [1.82, 2.24) is 0 Å². The van der Waals surface area contributed by atoms with Crippen LogP contribution in [-0.2, 0) is 17.6 Å². The highest BCUT2D eigenvalue weighted by molar-refractivity contribution is 5.67. The van der Waals surface area contributed by atoms with Crippen LogP contribution in [0.3, 0.4) is 0 Å². The van der Waals surface area contributed by atoms with Gasteiger partial charge in [-0.2, -0.15) is 0 Å². The van der Waals surface area contributed by atoms with E-state index in [-0.39, 0.29) is 18.2 Å². The normalized spacial score (nSPS) is 19.4. The van der Waals surface area contributed by atoms with Crippen LogP contribution in [0.25, 0.3) is 0 Å². The molecule has 2 aromatic rings. The molecule has 0 aromatic heterocycles. The van der Waals surface area contributed by atoms with Gasteiger partial charge in [-0.1, -0.05) is 24.3 Å². The first kappa shape index (κ1) is 20.4. The van der Waals surface area contributed by atoms with Gasteiger partial charge in [-0.25, -0.2) is 4.39 Å². The third-order valence-corrected chi connectivity index (χ3v) is 5.95. The average Bonchev–Trinajstić information content (AvgIpc) is 2.72. The van der Waals surface area contributed by atoms with Gasteiger partial charge in [-0.05, 0) is 91.7 Å². The fourth-order valence-corrected chi connectivity index (χ4v) is 4.29. The number of hydrogen-bond acceptors (Lipinski definition) is 2. The minimum Gasteiger partial charge on any atom is -0.497 e. The Morgan fingerprint density at radius 1 is 1.07 bits per heavy atom. The number of methoxy groups -OCH3 is 1. The van der Waals surface area contributed by atoms with E-state index in [1.54, 1.807) is 13.2 Å². The second kappa shape index (κ2) is 9.72. The highest BCUT2D eigenvalue weighted by atomic mass is 19.1. The Balaban J connectivity index is 1.50. The van der Waals surface area contributed by atoms with Gasteiger partial charge in [0.25, 0.3) is 0 Å². The van der Waals surface area contributed by atoms with Crippen molar-refractivity contribution >= 4 is 5.97 Å². The van der Waals surface area contributed by atoms with Gasteiger partial charge in [0.2, 0.25) is 0 Å². The molecule has 0 atom stereocenters. The van der Waals surface area contributed by atoms with Crippen molar-refractivity contribution in [2.24, 2.45) is 5.92 Å². The number of aryl methyl sites for hydroxylation is 2. The zero-order valence-electron chi connectivity index (χ0n) is 16.5. The van der Waals surface area contributed by atoms with E-state index in [0.29, 0.717) is 12.3 Å². The Bertz CT molecular complexity index is 794. The zero-order chi connectivity index (χ0) is 19.9. The number of benzene rings is 2. The number of carbonyl (C=O) groups is 1. The number of halogens is 1. The van der Waals surface area contributed by atoms with E-state index < -0.39 is 5.97 Å². The molecule has 4 heteroatoms. The minimum atomic E-state index is -0.755. The fourth-order valence-electron chi connectivity index (χ4n) is 4.29. The van der Waals surface area contributed by atoms with Crippen LogP contribution in [0.1, 0.15) is 61.1 Å². The van der Waals surface area contributed by atoms with Crippen LogP contribution in [-0.4, -0.2) is 18.2 Å². The Kier molecular flexibility index (Phi) is 7.07. The van der Waals surface area contributed by atoms with E-state index in [1.165, 1.54) is 11.6 Å². The number of carboxylic acid groups (broad SMARTS) is 1. The van der Waals surface area contributed by atoms with Crippen LogP contribution in [0, 0.1) is 11.7 Å². The molecule has 1 aliphatic rings. The molecule has 0 radical (unpaired) electrons. The lowest BCUT2D eigenvalue weighted by Crippen LogP contribution is -2.15. The SMILES string of the molecule is COc1ccc(F)c(C2CCC(CCc3cccc(CCC(=O)O)c3)CC2)c1. The number of carboxylic acids is 1. The van der Waals surface area contributed by atoms with E-state index in [4.69, 9.17) is 9.84 Å². The Morgan fingerprint density at radius 2 is 1.79 bits per heavy atom. The van der Waals surface area contributed by atoms with Crippen LogP contribution < -0.4 is 4.74 Å². The summed E-state index contributed by atoms with van der Waals surface area (Å²) in [6.45, 7) is 0. The van der Waals surface area contributed by atoms with E-state index >= 15 is 0 Å². The predicted octanol–water partition coefficient (Wildman–Crippen LogP) is 5.76. The Hall–Kier alpha value is -2.36. The lowest BCUT2D eigenvalue weighted by molar-refractivity contribution is -0.136. The molecule has 0 amide bonds. The predicted molar refractivity (Wildman–Crippen MR) is 108 cm³/mol. The second-order valence-corrected chi connectivity index (χ2v) is 7.86. The summed E-state index contributed by atoms with van der Waals surface area (Å²) in [7, 11) is 1.62. The summed E-state index contributed by atoms with van der Waals surface area (Å²) in [6.07, 6.45) is 7.20. The molecule has 3 rings (SSSR count). The molecular formula is C24H29FO3. The maximum Gasteiger partial charge on any atom is 0.303 e. The Morgan fingerprint density at radius 3 is 2.46 bits per heavy atom. The van der Waals surface area contributed by atoms with Crippen LogP contribution >= 0.6 is 0 Å². The first-order valence-electron chi connectivity index (χ1n) is 10.2. The van der Waals surface area contributed by atoms with Crippen molar-refractivity contribution in [3.8, 4) is 5.75 Å². The standard InChI is InChI=1S/C24H29FO3/c1-28-21-12-13-23(25)22(16-21)20-10-7-17(8-11-20)5-6-18-3-2-4-19(15-18)9-14-24(26)27/h2-4,12-13,15-17,20H,5-11,14H2,1H3,(H,26,27). The van der Waals surface area contributed by atoms with Crippen LogP contribution in [0.15, 0.2) is 42.5 Å². The maximum atomic E-state index is 14.2. The van der Waals surface area contributed by atoms with E-state index in [0.717, 1.165) is 55.4 Å². The van der Waals surface area contributed by atoms with Gasteiger partial charge in [0, 0.05) is 6.42 Å². The fraction of sp³-hybridized carbons (Fsp3) is 0.458. The summed E-state index contributed by atoms with van der Waals surface area (Å²) in [5.41, 5.74) is 3.17. The third-order valence-electron chi connectivity index (χ3n) is 5.95. The highest BCUT2D eigenvalue weighted by Gasteiger charge is 2.24. The van der Waals surface area contributed by atoms with Crippen molar-refractivity contribution < 1.29 is 19.0 Å². The molecule has 0 spiro atoms. The molecule has 0 saturated heterocycles. The lowest BCUT2D eigenvalue weighted by Gasteiger charge is -2.29. The monoisotopic (exact) mass is 384 g/mol. The molecule has 0 heterocycles. The van der Waals surface area contributed by atoms with Crippen LogP contribution in [0.2, 0.25) is 0 Å². The molecule has 1 saturated carbocycles. The topological polar surface area (TPSA) is 46.5 Å². The van der Waals surface area contributed by atoms with Gasteiger partial charge in [-0.3, -0.25) is 4.79 Å². The summed E-state index contributed by atoms with van der Waals surface area (Å²) in [4.78, 5) is 10.7. The van der Waals surface area contributed by atoms with Crippen LogP contribution in [0.4, 0.5) is 4.39 Å². The van der Waals surface area contributed by atoms with E-state index in [9.17, 15) is 9.18 Å². The first-order chi connectivity index (χ1) is 13.5. The average molecular weight is 384 g/mol. The van der Waals surface area contributed by atoms with Crippen molar-refractivity contribution in [2.45, 2.75) is 57.3 Å². The number of ether oxygens (including phenoxy) is 1. The van der Waals surface area contributed by atoms with Crippen molar-refractivity contribution in [2.75, 3.05) is 7.11 Å².